The molecule has 2 heteroatoms. The number of hydrogen-bond donors (Lipinski definition) is 1. The molecule has 0 aliphatic carbocycles. The fourth-order valence-electron chi connectivity index (χ4n) is 2.10. The first kappa shape index (κ1) is 11.8. The fourth-order valence-corrected chi connectivity index (χ4v) is 2.10. The molecule has 2 rings (SSSR count). The highest BCUT2D eigenvalue weighted by atomic mass is 14.7. The fraction of sp³-hybridized carbons (Fsp3) is 0.267. The molecule has 1 aromatic heterocycles. The van der Waals surface area contributed by atoms with Crippen molar-refractivity contribution in [2.75, 3.05) is 0 Å². The maximum absolute atomic E-state index is 6.35. The third-order valence-corrected chi connectivity index (χ3v) is 3.36. The summed E-state index contributed by atoms with van der Waals surface area (Å²) in [6, 6.07) is 10.2. The van der Waals surface area contributed by atoms with E-state index in [9.17, 15) is 0 Å². The highest BCUT2D eigenvalue weighted by Gasteiger charge is 2.14. The van der Waals surface area contributed by atoms with Gasteiger partial charge in [0.25, 0.3) is 0 Å². The largest absolute Gasteiger partial charge is 0.320 e. The minimum atomic E-state index is -0.0939. The van der Waals surface area contributed by atoms with Gasteiger partial charge in [0.2, 0.25) is 0 Å². The van der Waals surface area contributed by atoms with Crippen LogP contribution in [0.1, 0.15) is 34.0 Å². The van der Waals surface area contributed by atoms with Crippen LogP contribution in [-0.2, 0) is 0 Å². The van der Waals surface area contributed by atoms with E-state index >= 15 is 0 Å². The SMILES string of the molecule is Cc1cccc(C(N)c2cccnc2C)c1C. The summed E-state index contributed by atoms with van der Waals surface area (Å²) >= 11 is 0. The van der Waals surface area contributed by atoms with Gasteiger partial charge in [-0.2, -0.15) is 0 Å². The van der Waals surface area contributed by atoms with Crippen LogP contribution in [0.15, 0.2) is 36.5 Å². The number of nitrogens with two attached hydrogens (primary N) is 1. The summed E-state index contributed by atoms with van der Waals surface area (Å²) in [4.78, 5) is 4.30. The highest BCUT2D eigenvalue weighted by molar-refractivity contribution is 5.41. The molecule has 2 nitrogen and oxygen atoms in total. The molecular formula is C15H18N2. The Morgan fingerprint density at radius 2 is 1.71 bits per heavy atom. The van der Waals surface area contributed by atoms with E-state index in [1.807, 2.05) is 13.0 Å². The van der Waals surface area contributed by atoms with Crippen molar-refractivity contribution in [2.24, 2.45) is 5.73 Å². The van der Waals surface area contributed by atoms with E-state index in [4.69, 9.17) is 5.73 Å². The van der Waals surface area contributed by atoms with Crippen molar-refractivity contribution in [3.8, 4) is 0 Å². The predicted octanol–water partition coefficient (Wildman–Crippen LogP) is 3.05. The molecule has 0 radical (unpaired) electrons. The number of benzene rings is 1. The molecule has 1 unspecified atom stereocenters. The normalized spacial score (nSPS) is 12.5. The number of pyridine rings is 1. The maximum Gasteiger partial charge on any atom is 0.0572 e. The van der Waals surface area contributed by atoms with Gasteiger partial charge in [-0.3, -0.25) is 4.98 Å². The van der Waals surface area contributed by atoms with Crippen LogP contribution in [0.25, 0.3) is 0 Å². The first-order chi connectivity index (χ1) is 8.11. The average Bonchev–Trinajstić information content (AvgIpc) is 2.32. The lowest BCUT2D eigenvalue weighted by atomic mass is 9.93. The van der Waals surface area contributed by atoms with E-state index in [2.05, 4.69) is 43.1 Å². The van der Waals surface area contributed by atoms with Crippen LogP contribution in [0, 0.1) is 20.8 Å². The molecule has 1 aromatic carbocycles. The highest BCUT2D eigenvalue weighted by Crippen LogP contribution is 2.25. The van der Waals surface area contributed by atoms with Crippen LogP contribution < -0.4 is 5.73 Å². The van der Waals surface area contributed by atoms with Crippen LogP contribution in [0.2, 0.25) is 0 Å². The van der Waals surface area contributed by atoms with Gasteiger partial charge in [0.1, 0.15) is 0 Å². The minimum absolute atomic E-state index is 0.0939. The Kier molecular flexibility index (Phi) is 3.25. The molecule has 2 N–H and O–H groups in total. The molecule has 0 fully saturated rings. The van der Waals surface area contributed by atoms with E-state index in [1.165, 1.54) is 16.7 Å². The standard InChI is InChI=1S/C15H18N2/c1-10-6-4-7-13(11(10)2)15(16)14-8-5-9-17-12(14)3/h4-9,15H,16H2,1-3H3. The van der Waals surface area contributed by atoms with E-state index in [-0.39, 0.29) is 6.04 Å². The van der Waals surface area contributed by atoms with Crippen LogP contribution in [0.5, 0.6) is 0 Å². The number of nitrogens with zero attached hydrogens (tertiary/aromatic N) is 1. The molecule has 0 aliphatic heterocycles. The van der Waals surface area contributed by atoms with Gasteiger partial charge >= 0.3 is 0 Å². The average molecular weight is 226 g/mol. The second-order valence-corrected chi connectivity index (χ2v) is 4.44. The number of rotatable bonds is 2. The lowest BCUT2D eigenvalue weighted by Gasteiger charge is -2.17. The molecule has 0 spiro atoms. The van der Waals surface area contributed by atoms with Crippen LogP contribution in [0.4, 0.5) is 0 Å². The lowest BCUT2D eigenvalue weighted by molar-refractivity contribution is 0.837. The number of aryl methyl sites for hydroxylation is 2. The third kappa shape index (κ3) is 2.22. The molecule has 1 heterocycles. The van der Waals surface area contributed by atoms with Gasteiger partial charge in [-0.25, -0.2) is 0 Å². The van der Waals surface area contributed by atoms with Gasteiger partial charge in [0.05, 0.1) is 6.04 Å². The van der Waals surface area contributed by atoms with Crippen LogP contribution in [0.3, 0.4) is 0 Å². The number of hydrogen-bond acceptors (Lipinski definition) is 2. The van der Waals surface area contributed by atoms with E-state index in [0.29, 0.717) is 0 Å². The van der Waals surface area contributed by atoms with Crippen LogP contribution in [-0.4, -0.2) is 4.98 Å². The van der Waals surface area contributed by atoms with Gasteiger partial charge in [-0.1, -0.05) is 24.3 Å². The molecule has 0 bridgehead atoms. The van der Waals surface area contributed by atoms with Crippen molar-refractivity contribution in [1.82, 2.24) is 4.98 Å². The molecule has 1 atom stereocenters. The Bertz CT molecular complexity index is 532. The Morgan fingerprint density at radius 1 is 1.00 bits per heavy atom. The summed E-state index contributed by atoms with van der Waals surface area (Å²) in [5, 5.41) is 0. The zero-order valence-corrected chi connectivity index (χ0v) is 10.6. The summed E-state index contributed by atoms with van der Waals surface area (Å²) in [5.41, 5.74) is 12.2. The Hall–Kier alpha value is -1.67. The number of aromatic nitrogens is 1. The molecule has 0 saturated heterocycles. The second-order valence-electron chi connectivity index (χ2n) is 4.44. The molecule has 0 saturated carbocycles. The van der Waals surface area contributed by atoms with Crippen LogP contribution >= 0.6 is 0 Å². The molecule has 88 valence electrons. The molecule has 2 aromatic rings. The van der Waals surface area contributed by atoms with E-state index in [0.717, 1.165) is 11.3 Å². The Labute approximate surface area is 103 Å². The zero-order valence-electron chi connectivity index (χ0n) is 10.6. The Morgan fingerprint density at radius 3 is 2.41 bits per heavy atom. The van der Waals surface area contributed by atoms with Crippen molar-refractivity contribution in [2.45, 2.75) is 26.8 Å². The maximum atomic E-state index is 6.35. The van der Waals surface area contributed by atoms with Gasteiger partial charge in [0.15, 0.2) is 0 Å². The minimum Gasteiger partial charge on any atom is -0.320 e. The van der Waals surface area contributed by atoms with Crippen molar-refractivity contribution in [3.05, 3.63) is 64.5 Å². The van der Waals surface area contributed by atoms with Crippen molar-refractivity contribution >= 4 is 0 Å². The molecule has 0 aliphatic rings. The first-order valence-electron chi connectivity index (χ1n) is 5.84. The molecule has 17 heavy (non-hydrogen) atoms. The van der Waals surface area contributed by atoms with Crippen molar-refractivity contribution in [1.29, 1.82) is 0 Å². The zero-order chi connectivity index (χ0) is 12.4. The summed E-state index contributed by atoms with van der Waals surface area (Å²) in [7, 11) is 0. The summed E-state index contributed by atoms with van der Waals surface area (Å²) in [5.74, 6) is 0. The molecule has 0 amide bonds. The monoisotopic (exact) mass is 226 g/mol. The van der Waals surface area contributed by atoms with Crippen molar-refractivity contribution in [3.63, 3.8) is 0 Å². The lowest BCUT2D eigenvalue weighted by Crippen LogP contribution is -2.15. The van der Waals surface area contributed by atoms with E-state index < -0.39 is 0 Å². The molecular weight excluding hydrogens is 208 g/mol. The third-order valence-electron chi connectivity index (χ3n) is 3.36. The topological polar surface area (TPSA) is 38.9 Å². The van der Waals surface area contributed by atoms with Gasteiger partial charge < -0.3 is 5.73 Å². The quantitative estimate of drug-likeness (QED) is 0.854. The predicted molar refractivity (Wildman–Crippen MR) is 70.9 cm³/mol. The van der Waals surface area contributed by atoms with Gasteiger partial charge in [0, 0.05) is 11.9 Å². The van der Waals surface area contributed by atoms with Gasteiger partial charge in [-0.05, 0) is 49.1 Å². The second kappa shape index (κ2) is 4.68. The summed E-state index contributed by atoms with van der Waals surface area (Å²) in [6.45, 7) is 6.23. The van der Waals surface area contributed by atoms with Crippen molar-refractivity contribution < 1.29 is 0 Å². The smallest absolute Gasteiger partial charge is 0.0572 e. The first-order valence-corrected chi connectivity index (χ1v) is 5.84. The van der Waals surface area contributed by atoms with E-state index in [1.54, 1.807) is 6.20 Å². The Balaban J connectivity index is 2.48. The summed E-state index contributed by atoms with van der Waals surface area (Å²) in [6.07, 6.45) is 1.80. The summed E-state index contributed by atoms with van der Waals surface area (Å²) < 4.78 is 0. The van der Waals surface area contributed by atoms with Gasteiger partial charge in [-0.15, -0.1) is 0 Å².